The quantitative estimate of drug-likeness (QED) is 0.427. The molecular formula is C19H22O4. The first-order chi connectivity index (χ1) is 11.1. The van der Waals surface area contributed by atoms with Gasteiger partial charge in [0, 0.05) is 0 Å². The predicted molar refractivity (Wildman–Crippen MR) is 89.2 cm³/mol. The molecule has 0 heterocycles. The average Bonchev–Trinajstić information content (AvgIpc) is 2.60. The average molecular weight is 314 g/mol. The summed E-state index contributed by atoms with van der Waals surface area (Å²) in [6, 6.07) is 15.9. The molecule has 0 fully saturated rings. The van der Waals surface area contributed by atoms with Crippen LogP contribution in [0.1, 0.15) is 25.8 Å². The number of hydrogen-bond donors (Lipinski definition) is 0. The highest BCUT2D eigenvalue weighted by Gasteiger charge is 2.05. The minimum Gasteiger partial charge on any atom is -0.435 e. The van der Waals surface area contributed by atoms with Crippen LogP contribution in [0.15, 0.2) is 48.5 Å². The molecule has 1 atom stereocenters. The van der Waals surface area contributed by atoms with E-state index in [1.54, 1.807) is 12.1 Å². The maximum Gasteiger partial charge on any atom is 0.549 e. The normalized spacial score (nSPS) is 11.6. The van der Waals surface area contributed by atoms with Gasteiger partial charge in [-0.25, -0.2) is 4.89 Å². The number of carbonyl (C=O) groups excluding carboxylic acids is 1. The van der Waals surface area contributed by atoms with Crippen LogP contribution in [0.3, 0.4) is 0 Å². The largest absolute Gasteiger partial charge is 0.549 e. The standard InChI is InChI=1S/C19H22O4/c1-4-14(2)13-15-5-7-16(8-6-15)17-9-11-18(12-10-17)22-23-19(20)21-3/h5-12,14H,4,13H2,1-3H3. The third-order valence-electron chi connectivity index (χ3n) is 3.80. The van der Waals surface area contributed by atoms with Crippen LogP contribution in [0.2, 0.25) is 0 Å². The van der Waals surface area contributed by atoms with E-state index < -0.39 is 6.16 Å². The molecule has 2 aromatic rings. The van der Waals surface area contributed by atoms with Crippen molar-refractivity contribution in [1.29, 1.82) is 0 Å². The molecule has 23 heavy (non-hydrogen) atoms. The second-order valence-corrected chi connectivity index (χ2v) is 5.56. The number of hydrogen-bond acceptors (Lipinski definition) is 4. The summed E-state index contributed by atoms with van der Waals surface area (Å²) in [5.74, 6) is 1.14. The van der Waals surface area contributed by atoms with E-state index in [0.717, 1.165) is 17.5 Å². The number of carbonyl (C=O) groups is 1. The van der Waals surface area contributed by atoms with Gasteiger partial charge < -0.3 is 4.74 Å². The fourth-order valence-electron chi connectivity index (χ4n) is 2.20. The van der Waals surface area contributed by atoms with Crippen molar-refractivity contribution in [3.63, 3.8) is 0 Å². The first kappa shape index (κ1) is 16.9. The van der Waals surface area contributed by atoms with Crippen LogP contribution in [-0.4, -0.2) is 13.3 Å². The van der Waals surface area contributed by atoms with Gasteiger partial charge in [-0.2, -0.15) is 4.79 Å². The molecule has 0 N–H and O–H groups in total. The van der Waals surface area contributed by atoms with Gasteiger partial charge in [0.25, 0.3) is 0 Å². The van der Waals surface area contributed by atoms with Gasteiger partial charge in [-0.3, -0.25) is 4.89 Å². The molecule has 2 aromatic carbocycles. The van der Waals surface area contributed by atoms with Crippen molar-refractivity contribution in [2.75, 3.05) is 7.11 Å². The first-order valence-corrected chi connectivity index (χ1v) is 7.74. The molecule has 2 rings (SSSR count). The molecule has 0 aliphatic heterocycles. The van der Waals surface area contributed by atoms with E-state index in [1.165, 1.54) is 19.1 Å². The van der Waals surface area contributed by atoms with E-state index in [2.05, 4.69) is 47.7 Å². The molecule has 0 aromatic heterocycles. The van der Waals surface area contributed by atoms with Crippen LogP contribution < -0.4 is 4.89 Å². The Morgan fingerprint density at radius 3 is 2.09 bits per heavy atom. The molecule has 4 nitrogen and oxygen atoms in total. The highest BCUT2D eigenvalue weighted by Crippen LogP contribution is 2.24. The molecule has 4 heteroatoms. The van der Waals surface area contributed by atoms with Gasteiger partial charge in [-0.1, -0.05) is 56.7 Å². The molecular weight excluding hydrogens is 292 g/mol. The van der Waals surface area contributed by atoms with Crippen molar-refractivity contribution in [3.8, 4) is 16.9 Å². The number of rotatable bonds is 6. The Morgan fingerprint density at radius 1 is 1.00 bits per heavy atom. The van der Waals surface area contributed by atoms with Crippen molar-refractivity contribution < 1.29 is 19.3 Å². The summed E-state index contributed by atoms with van der Waals surface area (Å²) in [5, 5.41) is 0. The lowest BCUT2D eigenvalue weighted by atomic mass is 9.97. The second kappa shape index (κ2) is 8.22. The summed E-state index contributed by atoms with van der Waals surface area (Å²) in [5.41, 5.74) is 3.57. The highest BCUT2D eigenvalue weighted by atomic mass is 17.2. The molecule has 0 saturated heterocycles. The Morgan fingerprint density at radius 2 is 1.57 bits per heavy atom. The SMILES string of the molecule is CCC(C)Cc1ccc(-c2ccc(OOC(=O)OC)cc2)cc1. The van der Waals surface area contributed by atoms with Crippen LogP contribution >= 0.6 is 0 Å². The van der Waals surface area contributed by atoms with Crippen molar-refractivity contribution in [2.24, 2.45) is 5.92 Å². The fourth-order valence-corrected chi connectivity index (χ4v) is 2.20. The summed E-state index contributed by atoms with van der Waals surface area (Å²) in [7, 11) is 1.22. The van der Waals surface area contributed by atoms with Gasteiger partial charge in [0.2, 0.25) is 0 Å². The third-order valence-corrected chi connectivity index (χ3v) is 3.80. The molecule has 0 aliphatic rings. The number of benzene rings is 2. The Labute approximate surface area is 136 Å². The molecule has 0 saturated carbocycles. The van der Waals surface area contributed by atoms with E-state index in [-0.39, 0.29) is 0 Å². The number of methoxy groups -OCH3 is 1. The Bertz CT molecular complexity index is 617. The summed E-state index contributed by atoms with van der Waals surface area (Å²) >= 11 is 0. The maximum atomic E-state index is 10.8. The molecule has 1 unspecified atom stereocenters. The topological polar surface area (TPSA) is 44.8 Å². The maximum absolute atomic E-state index is 10.8. The monoisotopic (exact) mass is 314 g/mol. The van der Waals surface area contributed by atoms with Gasteiger partial charge >= 0.3 is 6.16 Å². The van der Waals surface area contributed by atoms with Crippen LogP contribution in [0.5, 0.6) is 5.75 Å². The smallest absolute Gasteiger partial charge is 0.435 e. The zero-order chi connectivity index (χ0) is 16.7. The van der Waals surface area contributed by atoms with Gasteiger partial charge in [-0.05, 0) is 41.2 Å². The van der Waals surface area contributed by atoms with Crippen molar-refractivity contribution in [1.82, 2.24) is 0 Å². The van der Waals surface area contributed by atoms with E-state index in [9.17, 15) is 4.79 Å². The summed E-state index contributed by atoms with van der Waals surface area (Å²) < 4.78 is 4.33. The summed E-state index contributed by atoms with van der Waals surface area (Å²) in [4.78, 5) is 20.1. The molecule has 0 radical (unpaired) electrons. The van der Waals surface area contributed by atoms with Crippen LogP contribution in [0.25, 0.3) is 11.1 Å². The molecule has 0 bridgehead atoms. The molecule has 0 aliphatic carbocycles. The van der Waals surface area contributed by atoms with E-state index in [0.29, 0.717) is 11.7 Å². The third kappa shape index (κ3) is 5.02. The first-order valence-electron chi connectivity index (χ1n) is 7.74. The summed E-state index contributed by atoms with van der Waals surface area (Å²) in [6.45, 7) is 4.48. The highest BCUT2D eigenvalue weighted by molar-refractivity contribution is 5.64. The van der Waals surface area contributed by atoms with Gasteiger partial charge in [0.1, 0.15) is 0 Å². The van der Waals surface area contributed by atoms with Crippen LogP contribution in [-0.2, 0) is 16.0 Å². The lowest BCUT2D eigenvalue weighted by Gasteiger charge is -2.09. The minimum atomic E-state index is -0.883. The Hall–Kier alpha value is -2.49. The molecule has 0 spiro atoms. The van der Waals surface area contributed by atoms with E-state index >= 15 is 0 Å². The lowest BCUT2D eigenvalue weighted by molar-refractivity contribution is -0.164. The van der Waals surface area contributed by atoms with Gasteiger partial charge in [0.05, 0.1) is 7.11 Å². The zero-order valence-corrected chi connectivity index (χ0v) is 13.7. The lowest BCUT2D eigenvalue weighted by Crippen LogP contribution is -2.07. The zero-order valence-electron chi connectivity index (χ0n) is 13.7. The Balaban J connectivity index is 2.00. The minimum absolute atomic E-state index is 0.438. The van der Waals surface area contributed by atoms with Crippen LogP contribution in [0.4, 0.5) is 4.79 Å². The van der Waals surface area contributed by atoms with E-state index in [1.807, 2.05) is 12.1 Å². The predicted octanol–water partition coefficient (Wildman–Crippen LogP) is 5.02. The van der Waals surface area contributed by atoms with Crippen LogP contribution in [0, 0.1) is 5.92 Å². The van der Waals surface area contributed by atoms with E-state index in [4.69, 9.17) is 4.89 Å². The van der Waals surface area contributed by atoms with Gasteiger partial charge in [0.15, 0.2) is 5.75 Å². The van der Waals surface area contributed by atoms with Crippen molar-refractivity contribution in [3.05, 3.63) is 54.1 Å². The molecule has 0 amide bonds. The van der Waals surface area contributed by atoms with Crippen molar-refractivity contribution >= 4 is 6.16 Å². The summed E-state index contributed by atoms with van der Waals surface area (Å²) in [6.07, 6.45) is 1.41. The Kier molecular flexibility index (Phi) is 6.03. The molecule has 122 valence electrons. The second-order valence-electron chi connectivity index (χ2n) is 5.56. The fraction of sp³-hybridized carbons (Fsp3) is 0.316. The van der Waals surface area contributed by atoms with Gasteiger partial charge in [-0.15, -0.1) is 0 Å². The number of ether oxygens (including phenoxy) is 1. The van der Waals surface area contributed by atoms with Crippen molar-refractivity contribution in [2.45, 2.75) is 26.7 Å².